The van der Waals surface area contributed by atoms with Gasteiger partial charge in [0.15, 0.2) is 0 Å². The minimum atomic E-state index is -0.209. The van der Waals surface area contributed by atoms with Crippen molar-refractivity contribution in [3.8, 4) is 0 Å². The van der Waals surface area contributed by atoms with Crippen molar-refractivity contribution in [2.75, 3.05) is 23.4 Å². The monoisotopic (exact) mass is 330 g/mol. The van der Waals surface area contributed by atoms with Crippen LogP contribution in [0.1, 0.15) is 12.5 Å². The molecule has 0 saturated heterocycles. The number of likely N-dealkylation sites (N-methyl/N-ethyl adjacent to an activating group) is 1. The summed E-state index contributed by atoms with van der Waals surface area (Å²) in [5, 5.41) is 0.567. The van der Waals surface area contributed by atoms with Crippen molar-refractivity contribution in [1.29, 1.82) is 0 Å². The highest BCUT2D eigenvalue weighted by Gasteiger charge is 2.19. The lowest BCUT2D eigenvalue weighted by atomic mass is 10.2. The molecule has 0 heterocycles. The van der Waals surface area contributed by atoms with Crippen molar-refractivity contribution in [3.05, 3.63) is 59.1 Å². The highest BCUT2D eigenvalue weighted by Crippen LogP contribution is 2.23. The van der Waals surface area contributed by atoms with Gasteiger partial charge in [0.1, 0.15) is 6.54 Å². The lowest BCUT2D eigenvalue weighted by Crippen LogP contribution is -2.40. The number of benzene rings is 2. The van der Waals surface area contributed by atoms with E-state index in [0.29, 0.717) is 10.7 Å². The molecule has 0 unspecified atom stereocenters. The summed E-state index contributed by atoms with van der Waals surface area (Å²) >= 11 is 6.12. The van der Waals surface area contributed by atoms with E-state index in [4.69, 9.17) is 11.6 Å². The molecular weight excluding hydrogens is 312 g/mol. The summed E-state index contributed by atoms with van der Waals surface area (Å²) in [6.45, 7) is 3.28. The first-order chi connectivity index (χ1) is 10.9. The summed E-state index contributed by atoms with van der Waals surface area (Å²) in [4.78, 5) is 27.4. The molecule has 0 aliphatic rings. The average molecular weight is 331 g/mol. The first-order valence-corrected chi connectivity index (χ1v) is 7.64. The second-order valence-electron chi connectivity index (χ2n) is 5.33. The fourth-order valence-electron chi connectivity index (χ4n) is 2.17. The Kier molecular flexibility index (Phi) is 5.40. The number of halogens is 1. The fourth-order valence-corrected chi connectivity index (χ4v) is 2.35. The number of hydrogen-bond donors (Lipinski definition) is 0. The molecule has 0 aliphatic carbocycles. The predicted molar refractivity (Wildman–Crippen MR) is 94.1 cm³/mol. The van der Waals surface area contributed by atoms with Gasteiger partial charge in [-0.2, -0.15) is 0 Å². The van der Waals surface area contributed by atoms with Gasteiger partial charge in [-0.05, 0) is 36.8 Å². The highest BCUT2D eigenvalue weighted by molar-refractivity contribution is 6.31. The molecule has 2 rings (SSSR count). The van der Waals surface area contributed by atoms with Crippen LogP contribution in [0.25, 0.3) is 0 Å². The molecule has 5 heteroatoms. The van der Waals surface area contributed by atoms with Crippen LogP contribution < -0.4 is 9.80 Å². The second kappa shape index (κ2) is 7.29. The van der Waals surface area contributed by atoms with Gasteiger partial charge in [-0.3, -0.25) is 9.59 Å². The van der Waals surface area contributed by atoms with Crippen molar-refractivity contribution >= 4 is 34.8 Å². The third-order valence-electron chi connectivity index (χ3n) is 3.66. The summed E-state index contributed by atoms with van der Waals surface area (Å²) in [5.41, 5.74) is 2.32. The van der Waals surface area contributed by atoms with E-state index in [2.05, 4.69) is 0 Å². The first-order valence-electron chi connectivity index (χ1n) is 7.26. The van der Waals surface area contributed by atoms with Crippen LogP contribution in [0.3, 0.4) is 0 Å². The summed E-state index contributed by atoms with van der Waals surface area (Å²) in [6.07, 6.45) is 0. The molecule has 2 aromatic carbocycles. The number of anilines is 2. The van der Waals surface area contributed by atoms with Crippen LogP contribution in [0.2, 0.25) is 5.02 Å². The smallest absolute Gasteiger partial charge is 0.246 e. The molecule has 0 atom stereocenters. The quantitative estimate of drug-likeness (QED) is 0.858. The fraction of sp³-hybridized carbons (Fsp3) is 0.222. The van der Waals surface area contributed by atoms with E-state index < -0.39 is 0 Å². The number of nitrogens with zero attached hydrogens (tertiary/aromatic N) is 2. The largest absolute Gasteiger partial charge is 0.314 e. The maximum Gasteiger partial charge on any atom is 0.246 e. The molecule has 2 amide bonds. The van der Waals surface area contributed by atoms with Crippen LogP contribution in [0.4, 0.5) is 11.4 Å². The maximum absolute atomic E-state index is 12.5. The first kappa shape index (κ1) is 17.0. The molecule has 0 aromatic heterocycles. The Bertz CT molecular complexity index is 716. The van der Waals surface area contributed by atoms with Crippen molar-refractivity contribution in [3.63, 3.8) is 0 Å². The van der Waals surface area contributed by atoms with Gasteiger partial charge in [0.25, 0.3) is 0 Å². The number of carbonyl (C=O) groups excluding carboxylic acids is 2. The molecule has 0 spiro atoms. The van der Waals surface area contributed by atoms with Gasteiger partial charge < -0.3 is 9.80 Å². The van der Waals surface area contributed by atoms with Crippen molar-refractivity contribution < 1.29 is 9.59 Å². The molecular formula is C18H19ClN2O2. The van der Waals surface area contributed by atoms with Crippen LogP contribution >= 0.6 is 11.6 Å². The topological polar surface area (TPSA) is 40.6 Å². The zero-order chi connectivity index (χ0) is 17.0. The molecule has 2 aromatic rings. The lowest BCUT2D eigenvalue weighted by Gasteiger charge is -2.25. The molecule has 23 heavy (non-hydrogen) atoms. The zero-order valence-electron chi connectivity index (χ0n) is 13.4. The summed E-state index contributed by atoms with van der Waals surface area (Å²) in [6, 6.07) is 14.6. The molecule has 0 saturated carbocycles. The number of amides is 2. The van der Waals surface area contributed by atoms with E-state index in [-0.39, 0.29) is 18.4 Å². The van der Waals surface area contributed by atoms with Gasteiger partial charge in [0.05, 0.1) is 0 Å². The molecule has 4 nitrogen and oxygen atoms in total. The number of carbonyl (C=O) groups is 2. The Hall–Kier alpha value is -2.33. The molecule has 120 valence electrons. The van der Waals surface area contributed by atoms with Crippen molar-refractivity contribution in [1.82, 2.24) is 0 Å². The van der Waals surface area contributed by atoms with Crippen LogP contribution in [0.5, 0.6) is 0 Å². The third kappa shape index (κ3) is 4.11. The summed E-state index contributed by atoms with van der Waals surface area (Å²) < 4.78 is 0. The second-order valence-corrected chi connectivity index (χ2v) is 5.73. The Labute approximate surface area is 141 Å². The number of hydrogen-bond acceptors (Lipinski definition) is 2. The highest BCUT2D eigenvalue weighted by atomic mass is 35.5. The van der Waals surface area contributed by atoms with Gasteiger partial charge in [0.2, 0.25) is 11.8 Å². The van der Waals surface area contributed by atoms with Crippen molar-refractivity contribution in [2.45, 2.75) is 13.8 Å². The van der Waals surface area contributed by atoms with Gasteiger partial charge >= 0.3 is 0 Å². The zero-order valence-corrected chi connectivity index (χ0v) is 14.2. The standard InChI is InChI=1S/C18H19ClN2O2/c1-13-9-10-16(11-17(13)19)21(14(2)22)12-18(23)20(3)15-7-5-4-6-8-15/h4-11H,12H2,1-3H3. The van der Waals surface area contributed by atoms with Crippen LogP contribution in [-0.2, 0) is 9.59 Å². The number of rotatable bonds is 4. The maximum atomic E-state index is 12.5. The summed E-state index contributed by atoms with van der Waals surface area (Å²) in [7, 11) is 1.69. The lowest BCUT2D eigenvalue weighted by molar-refractivity contribution is -0.121. The summed E-state index contributed by atoms with van der Waals surface area (Å²) in [5.74, 6) is -0.386. The molecule has 0 radical (unpaired) electrons. The van der Waals surface area contributed by atoms with Gasteiger partial charge in [-0.1, -0.05) is 35.9 Å². The predicted octanol–water partition coefficient (Wildman–Crippen LogP) is 3.66. The van der Waals surface area contributed by atoms with E-state index in [1.807, 2.05) is 43.3 Å². The van der Waals surface area contributed by atoms with E-state index in [1.165, 1.54) is 16.7 Å². The Balaban J connectivity index is 2.21. The van der Waals surface area contributed by atoms with E-state index in [1.54, 1.807) is 19.2 Å². The van der Waals surface area contributed by atoms with Gasteiger partial charge in [-0.25, -0.2) is 0 Å². The van der Waals surface area contributed by atoms with Crippen molar-refractivity contribution in [2.24, 2.45) is 0 Å². The van der Waals surface area contributed by atoms with Crippen LogP contribution in [0.15, 0.2) is 48.5 Å². The van der Waals surface area contributed by atoms with E-state index >= 15 is 0 Å². The van der Waals surface area contributed by atoms with Crippen LogP contribution in [-0.4, -0.2) is 25.4 Å². The molecule has 0 N–H and O–H groups in total. The van der Waals surface area contributed by atoms with Gasteiger partial charge in [-0.15, -0.1) is 0 Å². The minimum absolute atomic E-state index is 0.0416. The Morgan fingerprint density at radius 3 is 2.26 bits per heavy atom. The number of aryl methyl sites for hydroxylation is 1. The average Bonchev–Trinajstić information content (AvgIpc) is 2.55. The normalized spacial score (nSPS) is 10.3. The Morgan fingerprint density at radius 2 is 1.70 bits per heavy atom. The minimum Gasteiger partial charge on any atom is -0.314 e. The van der Waals surface area contributed by atoms with E-state index in [9.17, 15) is 9.59 Å². The SMILES string of the molecule is CC(=O)N(CC(=O)N(C)c1ccccc1)c1ccc(C)c(Cl)c1. The van der Waals surface area contributed by atoms with Crippen LogP contribution in [0, 0.1) is 6.92 Å². The Morgan fingerprint density at radius 1 is 1.04 bits per heavy atom. The number of para-hydroxylation sites is 1. The molecule has 0 bridgehead atoms. The van der Waals surface area contributed by atoms with E-state index in [0.717, 1.165) is 11.3 Å². The third-order valence-corrected chi connectivity index (χ3v) is 4.07. The molecule has 0 fully saturated rings. The molecule has 0 aliphatic heterocycles. The van der Waals surface area contributed by atoms with Gasteiger partial charge in [0, 0.05) is 30.4 Å².